The molecule has 1 unspecified atom stereocenters. The first-order valence-corrected chi connectivity index (χ1v) is 6.79. The minimum atomic E-state index is 0.700. The van der Waals surface area contributed by atoms with Gasteiger partial charge in [0.2, 0.25) is 0 Å². The van der Waals surface area contributed by atoms with E-state index in [-0.39, 0.29) is 0 Å². The molecule has 2 heterocycles. The Labute approximate surface area is 97.3 Å². The lowest BCUT2D eigenvalue weighted by Crippen LogP contribution is -2.48. The van der Waals surface area contributed by atoms with Crippen molar-refractivity contribution in [1.29, 1.82) is 0 Å². The second-order valence-corrected chi connectivity index (χ2v) is 6.03. The molecule has 0 aromatic rings. The van der Waals surface area contributed by atoms with Crippen LogP contribution in [0.5, 0.6) is 0 Å². The van der Waals surface area contributed by atoms with Gasteiger partial charge in [0.25, 0.3) is 0 Å². The molecule has 0 saturated carbocycles. The summed E-state index contributed by atoms with van der Waals surface area (Å²) in [6, 6.07) is 0.700. The van der Waals surface area contributed by atoms with Crippen LogP contribution in [0.4, 0.5) is 0 Å². The van der Waals surface area contributed by atoms with Crippen molar-refractivity contribution in [2.75, 3.05) is 39.9 Å². The Morgan fingerprint density at radius 3 is 2.60 bits per heavy atom. The lowest BCUT2D eigenvalue weighted by Gasteiger charge is -2.38. The molecular formula is C11H22N2OS. The van der Waals surface area contributed by atoms with Gasteiger partial charge in [-0.2, -0.15) is 0 Å². The maximum absolute atomic E-state index is 5.39. The fourth-order valence-electron chi connectivity index (χ4n) is 2.10. The van der Waals surface area contributed by atoms with Crippen LogP contribution in [0.2, 0.25) is 0 Å². The number of piperazine rings is 1. The molecule has 0 radical (unpaired) electrons. The molecule has 1 atom stereocenters. The minimum Gasteiger partial charge on any atom is -0.381 e. The van der Waals surface area contributed by atoms with Crippen molar-refractivity contribution in [3.63, 3.8) is 0 Å². The summed E-state index contributed by atoms with van der Waals surface area (Å²) in [7, 11) is 2.22. The van der Waals surface area contributed by atoms with Gasteiger partial charge in [-0.3, -0.25) is 0 Å². The highest BCUT2D eigenvalue weighted by Crippen LogP contribution is 2.27. The molecule has 3 nitrogen and oxygen atoms in total. The number of likely N-dealkylation sites (N-methyl/N-ethyl adjacent to an activating group) is 1. The van der Waals surface area contributed by atoms with Gasteiger partial charge < -0.3 is 9.64 Å². The summed E-state index contributed by atoms with van der Waals surface area (Å²) >= 11 is 2.07. The van der Waals surface area contributed by atoms with Crippen molar-refractivity contribution in [1.82, 2.24) is 9.21 Å². The summed E-state index contributed by atoms with van der Waals surface area (Å²) in [5.41, 5.74) is 0. The van der Waals surface area contributed by atoms with Crippen molar-refractivity contribution >= 4 is 11.9 Å². The van der Waals surface area contributed by atoms with Crippen LogP contribution in [0.15, 0.2) is 0 Å². The average molecular weight is 230 g/mol. The van der Waals surface area contributed by atoms with Gasteiger partial charge in [-0.25, -0.2) is 4.31 Å². The van der Waals surface area contributed by atoms with E-state index < -0.39 is 0 Å². The number of nitrogens with zero attached hydrogens (tertiary/aromatic N) is 2. The normalized spacial score (nSPS) is 32.0. The van der Waals surface area contributed by atoms with Gasteiger partial charge in [0, 0.05) is 44.1 Å². The quantitative estimate of drug-likeness (QED) is 0.667. The Hall–Kier alpha value is 0.230. The van der Waals surface area contributed by atoms with Crippen LogP contribution < -0.4 is 0 Å². The monoisotopic (exact) mass is 230 g/mol. The largest absolute Gasteiger partial charge is 0.381 e. The van der Waals surface area contributed by atoms with Crippen LogP contribution in [0.3, 0.4) is 0 Å². The first-order chi connectivity index (χ1) is 7.25. The molecule has 0 aromatic carbocycles. The Kier molecular flexibility index (Phi) is 4.31. The number of ether oxygens (including phenoxy) is 1. The SMILES string of the molecule is CC1CN(SC2CCOCC2)CCN1C. The molecule has 0 aliphatic carbocycles. The first kappa shape index (κ1) is 11.7. The van der Waals surface area contributed by atoms with Gasteiger partial charge in [0.05, 0.1) is 0 Å². The molecule has 2 fully saturated rings. The topological polar surface area (TPSA) is 15.7 Å². The van der Waals surface area contributed by atoms with Crippen molar-refractivity contribution < 1.29 is 4.74 Å². The van der Waals surface area contributed by atoms with Crippen LogP contribution in [0.1, 0.15) is 19.8 Å². The zero-order chi connectivity index (χ0) is 10.7. The summed E-state index contributed by atoms with van der Waals surface area (Å²) < 4.78 is 7.94. The zero-order valence-electron chi connectivity index (χ0n) is 9.82. The number of hydrogen-bond donors (Lipinski definition) is 0. The fourth-order valence-corrected chi connectivity index (χ4v) is 3.42. The molecule has 2 saturated heterocycles. The molecular weight excluding hydrogens is 208 g/mol. The number of hydrogen-bond acceptors (Lipinski definition) is 4. The van der Waals surface area contributed by atoms with Crippen LogP contribution in [-0.2, 0) is 4.74 Å². The molecule has 0 N–H and O–H groups in total. The molecule has 0 aromatic heterocycles. The summed E-state index contributed by atoms with van der Waals surface area (Å²) in [5.74, 6) is 0. The zero-order valence-corrected chi connectivity index (χ0v) is 10.6. The van der Waals surface area contributed by atoms with E-state index in [1.165, 1.54) is 32.5 Å². The van der Waals surface area contributed by atoms with Gasteiger partial charge in [-0.05, 0) is 26.8 Å². The van der Waals surface area contributed by atoms with Gasteiger partial charge >= 0.3 is 0 Å². The van der Waals surface area contributed by atoms with E-state index in [1.54, 1.807) is 0 Å². The summed E-state index contributed by atoms with van der Waals surface area (Å²) in [4.78, 5) is 2.45. The summed E-state index contributed by atoms with van der Waals surface area (Å²) in [5, 5.41) is 0.800. The van der Waals surface area contributed by atoms with Crippen LogP contribution in [-0.4, -0.2) is 60.4 Å². The molecule has 88 valence electrons. The maximum Gasteiger partial charge on any atom is 0.0477 e. The first-order valence-electron chi connectivity index (χ1n) is 5.95. The third-order valence-electron chi connectivity index (χ3n) is 3.39. The van der Waals surface area contributed by atoms with Crippen LogP contribution in [0, 0.1) is 0 Å². The Morgan fingerprint density at radius 2 is 1.93 bits per heavy atom. The lowest BCUT2D eigenvalue weighted by atomic mass is 10.2. The molecule has 2 aliphatic rings. The third kappa shape index (κ3) is 3.34. The molecule has 0 bridgehead atoms. The van der Waals surface area contributed by atoms with Crippen molar-refractivity contribution in [2.24, 2.45) is 0 Å². The van der Waals surface area contributed by atoms with Crippen LogP contribution in [0.25, 0.3) is 0 Å². The minimum absolute atomic E-state index is 0.700. The predicted octanol–water partition coefficient (Wildman–Crippen LogP) is 1.45. The Bertz CT molecular complexity index is 197. The van der Waals surface area contributed by atoms with E-state index in [0.717, 1.165) is 18.5 Å². The smallest absolute Gasteiger partial charge is 0.0477 e. The predicted molar refractivity (Wildman–Crippen MR) is 65.1 cm³/mol. The van der Waals surface area contributed by atoms with E-state index >= 15 is 0 Å². The van der Waals surface area contributed by atoms with Crippen molar-refractivity contribution in [2.45, 2.75) is 31.1 Å². The molecule has 0 amide bonds. The third-order valence-corrected chi connectivity index (χ3v) is 4.79. The second kappa shape index (κ2) is 5.53. The lowest BCUT2D eigenvalue weighted by molar-refractivity contribution is 0.0985. The second-order valence-electron chi connectivity index (χ2n) is 4.63. The van der Waals surface area contributed by atoms with E-state index in [9.17, 15) is 0 Å². The molecule has 15 heavy (non-hydrogen) atoms. The Balaban J connectivity index is 1.74. The average Bonchev–Trinajstić information content (AvgIpc) is 2.25. The molecule has 2 rings (SSSR count). The fraction of sp³-hybridized carbons (Fsp3) is 1.00. The summed E-state index contributed by atoms with van der Waals surface area (Å²) in [6.07, 6.45) is 2.46. The number of rotatable bonds is 2. The van der Waals surface area contributed by atoms with Gasteiger partial charge in [0.1, 0.15) is 0 Å². The standard InChI is InChI=1S/C11H22N2OS/c1-10-9-13(6-5-12(10)2)15-11-3-7-14-8-4-11/h10-11H,3-9H2,1-2H3. The molecule has 4 heteroatoms. The Morgan fingerprint density at radius 1 is 1.20 bits per heavy atom. The van der Waals surface area contributed by atoms with E-state index in [0.29, 0.717) is 6.04 Å². The highest BCUT2D eigenvalue weighted by molar-refractivity contribution is 7.97. The van der Waals surface area contributed by atoms with Gasteiger partial charge in [-0.15, -0.1) is 0 Å². The van der Waals surface area contributed by atoms with Crippen molar-refractivity contribution in [3.8, 4) is 0 Å². The summed E-state index contributed by atoms with van der Waals surface area (Å²) in [6.45, 7) is 7.86. The highest BCUT2D eigenvalue weighted by Gasteiger charge is 2.24. The molecule has 2 aliphatic heterocycles. The maximum atomic E-state index is 5.39. The van der Waals surface area contributed by atoms with E-state index in [4.69, 9.17) is 4.74 Å². The highest BCUT2D eigenvalue weighted by atomic mass is 32.2. The van der Waals surface area contributed by atoms with Crippen molar-refractivity contribution in [3.05, 3.63) is 0 Å². The molecule has 0 spiro atoms. The van der Waals surface area contributed by atoms with E-state index in [1.807, 2.05) is 0 Å². The van der Waals surface area contributed by atoms with Gasteiger partial charge in [0.15, 0.2) is 0 Å². The van der Waals surface area contributed by atoms with Gasteiger partial charge in [-0.1, -0.05) is 11.9 Å². The van der Waals surface area contributed by atoms with Crippen LogP contribution >= 0.6 is 11.9 Å². The van der Waals surface area contributed by atoms with E-state index in [2.05, 4.69) is 35.1 Å².